The lowest BCUT2D eigenvalue weighted by Gasteiger charge is -2.20. The van der Waals surface area contributed by atoms with Crippen molar-refractivity contribution in [2.24, 2.45) is 0 Å². The summed E-state index contributed by atoms with van der Waals surface area (Å²) < 4.78 is 5.56. The predicted molar refractivity (Wildman–Crippen MR) is 96.4 cm³/mol. The lowest BCUT2D eigenvalue weighted by Crippen LogP contribution is -2.22. The zero-order valence-electron chi connectivity index (χ0n) is 14.0. The fraction of sp³-hybridized carbons (Fsp3) is 0.316. The first kappa shape index (κ1) is 16.2. The summed E-state index contributed by atoms with van der Waals surface area (Å²) in [5.74, 6) is 1.44. The highest BCUT2D eigenvalue weighted by Crippen LogP contribution is 2.33. The molecule has 1 aliphatic heterocycles. The third-order valence-corrected chi connectivity index (χ3v) is 5.59. The fourth-order valence-corrected chi connectivity index (χ4v) is 4.05. The summed E-state index contributed by atoms with van der Waals surface area (Å²) in [7, 11) is 0. The van der Waals surface area contributed by atoms with E-state index in [2.05, 4.69) is 20.4 Å². The van der Waals surface area contributed by atoms with Crippen LogP contribution < -0.4 is 0 Å². The number of hydrogen-bond acceptors (Lipinski definition) is 6. The van der Waals surface area contributed by atoms with E-state index < -0.39 is 0 Å². The van der Waals surface area contributed by atoms with E-state index in [9.17, 15) is 4.79 Å². The minimum absolute atomic E-state index is 0.124. The molecule has 3 aromatic rings. The molecule has 0 spiro atoms. The molecule has 0 radical (unpaired) electrons. The average Bonchev–Trinajstić information content (AvgIpc) is 3.36. The lowest BCUT2D eigenvalue weighted by atomic mass is 10.2. The van der Waals surface area contributed by atoms with Crippen molar-refractivity contribution in [3.63, 3.8) is 0 Å². The number of hydrogen-bond donors (Lipinski definition) is 0. The molecular formula is C19H19N3O2S. The summed E-state index contributed by atoms with van der Waals surface area (Å²) in [5.41, 5.74) is 2.14. The normalized spacial score (nSPS) is 17.9. The summed E-state index contributed by atoms with van der Waals surface area (Å²) in [6, 6.07) is 12.0. The smallest absolute Gasteiger partial charge is 0.244 e. The first-order valence-corrected chi connectivity index (χ1v) is 9.30. The second-order valence-electron chi connectivity index (χ2n) is 6.33. The summed E-state index contributed by atoms with van der Waals surface area (Å²) in [4.78, 5) is 19.3. The summed E-state index contributed by atoms with van der Waals surface area (Å²) in [6.45, 7) is 3.41. The molecule has 4 rings (SSSR count). The molecule has 1 saturated heterocycles. The molecule has 0 amide bonds. The Labute approximate surface area is 150 Å². The van der Waals surface area contributed by atoms with E-state index in [-0.39, 0.29) is 11.8 Å². The Bertz CT molecular complexity index is 872. The largest absolute Gasteiger partial charge is 0.337 e. The number of aromatic nitrogens is 2. The van der Waals surface area contributed by atoms with Gasteiger partial charge >= 0.3 is 0 Å². The molecule has 0 unspecified atom stereocenters. The van der Waals surface area contributed by atoms with Gasteiger partial charge in [-0.05, 0) is 43.3 Å². The van der Waals surface area contributed by atoms with Crippen LogP contribution in [0.3, 0.4) is 0 Å². The number of thiophene rings is 1. The topological polar surface area (TPSA) is 59.2 Å². The van der Waals surface area contributed by atoms with Crippen molar-refractivity contribution in [1.29, 1.82) is 0 Å². The quantitative estimate of drug-likeness (QED) is 0.639. The molecule has 3 heterocycles. The Morgan fingerprint density at radius 2 is 2.20 bits per heavy atom. The van der Waals surface area contributed by atoms with Crippen molar-refractivity contribution in [2.45, 2.75) is 32.4 Å². The van der Waals surface area contributed by atoms with E-state index in [0.717, 1.165) is 36.4 Å². The highest BCUT2D eigenvalue weighted by molar-refractivity contribution is 7.12. The van der Waals surface area contributed by atoms with Crippen molar-refractivity contribution < 1.29 is 9.32 Å². The van der Waals surface area contributed by atoms with Gasteiger partial charge in [0.1, 0.15) is 0 Å². The van der Waals surface area contributed by atoms with Gasteiger partial charge < -0.3 is 4.52 Å². The second kappa shape index (κ2) is 6.90. The van der Waals surface area contributed by atoms with E-state index in [1.165, 1.54) is 16.9 Å². The van der Waals surface area contributed by atoms with E-state index in [1.807, 2.05) is 36.4 Å². The first-order valence-electron chi connectivity index (χ1n) is 8.42. The highest BCUT2D eigenvalue weighted by Gasteiger charge is 2.31. The van der Waals surface area contributed by atoms with Crippen LogP contribution in [0, 0.1) is 0 Å². The molecule has 1 atom stereocenters. The van der Waals surface area contributed by atoms with Gasteiger partial charge in [-0.3, -0.25) is 9.69 Å². The molecule has 0 bridgehead atoms. The van der Waals surface area contributed by atoms with Crippen molar-refractivity contribution in [3.8, 4) is 11.4 Å². The Hall–Kier alpha value is -2.31. The molecule has 6 heteroatoms. The zero-order chi connectivity index (χ0) is 17.2. The number of carbonyl (C=O) groups is 1. The molecule has 1 fully saturated rings. The Balaban J connectivity index is 1.51. The van der Waals surface area contributed by atoms with Crippen LogP contribution in [0.15, 0.2) is 46.3 Å². The van der Waals surface area contributed by atoms with E-state index in [4.69, 9.17) is 4.52 Å². The van der Waals surface area contributed by atoms with Gasteiger partial charge in [0, 0.05) is 12.1 Å². The number of ketones is 1. The number of Topliss-reactive ketones (excluding diaryl/α,β-unsaturated/α-hetero) is 1. The molecule has 25 heavy (non-hydrogen) atoms. The van der Waals surface area contributed by atoms with Gasteiger partial charge in [0.05, 0.1) is 10.9 Å². The van der Waals surface area contributed by atoms with E-state index >= 15 is 0 Å². The minimum atomic E-state index is 0.124. The number of nitrogens with zero attached hydrogens (tertiary/aromatic N) is 3. The van der Waals surface area contributed by atoms with E-state index in [1.54, 1.807) is 6.92 Å². The summed E-state index contributed by atoms with van der Waals surface area (Å²) >= 11 is 1.51. The number of likely N-dealkylation sites (tertiary alicyclic amines) is 1. The maximum Gasteiger partial charge on any atom is 0.244 e. The van der Waals surface area contributed by atoms with Gasteiger partial charge in [0.15, 0.2) is 5.78 Å². The molecule has 1 aromatic carbocycles. The monoisotopic (exact) mass is 353 g/mol. The van der Waals surface area contributed by atoms with Crippen LogP contribution in [0.4, 0.5) is 0 Å². The minimum Gasteiger partial charge on any atom is -0.337 e. The number of carbonyl (C=O) groups excluding carboxylic acids is 1. The molecule has 128 valence electrons. The van der Waals surface area contributed by atoms with E-state index in [0.29, 0.717) is 11.7 Å². The second-order valence-corrected chi connectivity index (χ2v) is 7.24. The van der Waals surface area contributed by atoms with Crippen LogP contribution in [0.5, 0.6) is 0 Å². The summed E-state index contributed by atoms with van der Waals surface area (Å²) in [5, 5.41) is 6.21. The van der Waals surface area contributed by atoms with Crippen LogP contribution in [0.2, 0.25) is 0 Å². The van der Waals surface area contributed by atoms with Crippen LogP contribution in [-0.4, -0.2) is 27.4 Å². The van der Waals surface area contributed by atoms with Gasteiger partial charge in [0.25, 0.3) is 0 Å². The fourth-order valence-electron chi connectivity index (χ4n) is 3.25. The average molecular weight is 353 g/mol. The molecule has 0 aliphatic carbocycles. The van der Waals surface area contributed by atoms with Crippen LogP contribution in [0.1, 0.15) is 46.9 Å². The Kier molecular flexibility index (Phi) is 4.46. The SMILES string of the molecule is CC(=O)c1cc(CN2CCC[C@H]2c2nc(-c3ccccc3)no2)cs1. The Morgan fingerprint density at radius 1 is 1.36 bits per heavy atom. The van der Waals surface area contributed by atoms with Crippen LogP contribution >= 0.6 is 11.3 Å². The van der Waals surface area contributed by atoms with Crippen LogP contribution in [0.25, 0.3) is 11.4 Å². The van der Waals surface area contributed by atoms with Crippen LogP contribution in [-0.2, 0) is 6.54 Å². The first-order chi connectivity index (χ1) is 12.2. The maximum atomic E-state index is 11.5. The molecule has 1 aliphatic rings. The van der Waals surface area contributed by atoms with Gasteiger partial charge in [-0.15, -0.1) is 11.3 Å². The van der Waals surface area contributed by atoms with Crippen molar-refractivity contribution in [2.75, 3.05) is 6.54 Å². The van der Waals surface area contributed by atoms with Gasteiger partial charge in [0.2, 0.25) is 11.7 Å². The van der Waals surface area contributed by atoms with Gasteiger partial charge in [-0.25, -0.2) is 0 Å². The number of benzene rings is 1. The molecule has 0 saturated carbocycles. The van der Waals surface area contributed by atoms with Gasteiger partial charge in [-0.2, -0.15) is 4.98 Å². The van der Waals surface area contributed by atoms with Gasteiger partial charge in [-0.1, -0.05) is 35.5 Å². The third kappa shape index (κ3) is 3.41. The highest BCUT2D eigenvalue weighted by atomic mass is 32.1. The molecular weight excluding hydrogens is 334 g/mol. The Morgan fingerprint density at radius 3 is 2.96 bits per heavy atom. The van der Waals surface area contributed by atoms with Crippen molar-refractivity contribution in [3.05, 3.63) is 58.1 Å². The number of rotatable bonds is 5. The lowest BCUT2D eigenvalue weighted by molar-refractivity contribution is 0.102. The zero-order valence-corrected chi connectivity index (χ0v) is 14.8. The summed E-state index contributed by atoms with van der Waals surface area (Å²) in [6.07, 6.45) is 2.12. The molecule has 2 aromatic heterocycles. The van der Waals surface area contributed by atoms with Crippen molar-refractivity contribution >= 4 is 17.1 Å². The third-order valence-electron chi connectivity index (χ3n) is 4.51. The molecule has 5 nitrogen and oxygen atoms in total. The van der Waals surface area contributed by atoms with Crippen molar-refractivity contribution in [1.82, 2.24) is 15.0 Å². The molecule has 0 N–H and O–H groups in total. The maximum absolute atomic E-state index is 11.5. The standard InChI is InChI=1S/C19H19N3O2S/c1-13(23)17-10-14(12-25-17)11-22-9-5-8-16(22)19-20-18(21-24-19)15-6-3-2-4-7-15/h2-4,6-7,10,12,16H,5,8-9,11H2,1H3/t16-/m0/s1. The predicted octanol–water partition coefficient (Wildman–Crippen LogP) is 4.34.